The van der Waals surface area contributed by atoms with Crippen molar-refractivity contribution in [1.82, 2.24) is 9.80 Å². The molecule has 1 fully saturated rings. The molecule has 1 rings (SSSR count). The molecule has 0 radical (unpaired) electrons. The molecular weight excluding hydrogens is 204 g/mol. The number of rotatable bonds is 3. The molecule has 2 atom stereocenters. The van der Waals surface area contributed by atoms with Crippen molar-refractivity contribution < 1.29 is 9.53 Å². The second kappa shape index (κ2) is 6.21. The van der Waals surface area contributed by atoms with E-state index >= 15 is 0 Å². The van der Waals surface area contributed by atoms with Gasteiger partial charge < -0.3 is 9.64 Å². The molecule has 0 saturated carbocycles. The van der Waals surface area contributed by atoms with Crippen LogP contribution >= 0.6 is 0 Å². The Morgan fingerprint density at radius 2 is 2.19 bits per heavy atom. The van der Waals surface area contributed by atoms with Gasteiger partial charge in [0.25, 0.3) is 0 Å². The normalized spacial score (nSPS) is 26.1. The number of esters is 1. The van der Waals surface area contributed by atoms with Gasteiger partial charge in [0.15, 0.2) is 0 Å². The van der Waals surface area contributed by atoms with Crippen LogP contribution in [-0.2, 0) is 9.53 Å². The van der Waals surface area contributed by atoms with Gasteiger partial charge in [-0.15, -0.1) is 0 Å². The van der Waals surface area contributed by atoms with Crippen LogP contribution in [0.1, 0.15) is 20.3 Å². The third kappa shape index (κ3) is 3.76. The van der Waals surface area contributed by atoms with E-state index in [1.807, 2.05) is 6.92 Å². The topological polar surface area (TPSA) is 32.8 Å². The number of carbonyl (C=O) groups is 1. The van der Waals surface area contributed by atoms with Gasteiger partial charge in [0.05, 0.1) is 13.0 Å². The van der Waals surface area contributed by atoms with E-state index in [0.29, 0.717) is 6.04 Å². The second-order valence-corrected chi connectivity index (χ2v) is 4.88. The van der Waals surface area contributed by atoms with Gasteiger partial charge in [-0.1, -0.05) is 6.92 Å². The van der Waals surface area contributed by atoms with Crippen LogP contribution in [0.25, 0.3) is 0 Å². The quantitative estimate of drug-likeness (QED) is 0.670. The molecule has 0 aliphatic carbocycles. The lowest BCUT2D eigenvalue weighted by atomic mass is 10.1. The SMILES string of the molecule is COC(=O)C(C)CN1CCCN(C)CC1C. The number of hydrogen-bond donors (Lipinski definition) is 0. The highest BCUT2D eigenvalue weighted by atomic mass is 16.5. The minimum atomic E-state index is -0.107. The Balaban J connectivity index is 2.48. The summed E-state index contributed by atoms with van der Waals surface area (Å²) >= 11 is 0. The van der Waals surface area contributed by atoms with Crippen molar-refractivity contribution >= 4 is 5.97 Å². The highest BCUT2D eigenvalue weighted by molar-refractivity contribution is 5.72. The lowest BCUT2D eigenvalue weighted by Gasteiger charge is -2.29. The zero-order chi connectivity index (χ0) is 12.1. The minimum Gasteiger partial charge on any atom is -0.469 e. The Hall–Kier alpha value is -0.610. The van der Waals surface area contributed by atoms with E-state index in [4.69, 9.17) is 4.74 Å². The van der Waals surface area contributed by atoms with Crippen LogP contribution in [0.5, 0.6) is 0 Å². The molecule has 0 spiro atoms. The molecule has 4 nitrogen and oxygen atoms in total. The monoisotopic (exact) mass is 228 g/mol. The van der Waals surface area contributed by atoms with Crippen molar-refractivity contribution in [1.29, 1.82) is 0 Å². The molecule has 0 N–H and O–H groups in total. The maximum absolute atomic E-state index is 11.4. The predicted molar refractivity (Wildman–Crippen MR) is 64.3 cm³/mol. The van der Waals surface area contributed by atoms with E-state index in [0.717, 1.165) is 26.2 Å². The predicted octanol–water partition coefficient (Wildman–Crippen LogP) is 0.821. The third-order valence-electron chi connectivity index (χ3n) is 3.30. The molecule has 1 aliphatic rings. The van der Waals surface area contributed by atoms with Crippen molar-refractivity contribution in [2.45, 2.75) is 26.3 Å². The first-order valence-corrected chi connectivity index (χ1v) is 6.05. The summed E-state index contributed by atoms with van der Waals surface area (Å²) in [6.07, 6.45) is 1.18. The molecule has 1 aliphatic heterocycles. The van der Waals surface area contributed by atoms with Crippen molar-refractivity contribution in [2.75, 3.05) is 40.3 Å². The Kier molecular flexibility index (Phi) is 5.22. The summed E-state index contributed by atoms with van der Waals surface area (Å²) in [5, 5.41) is 0. The van der Waals surface area contributed by atoms with Gasteiger partial charge in [0.1, 0.15) is 0 Å². The summed E-state index contributed by atoms with van der Waals surface area (Å²) in [4.78, 5) is 16.1. The van der Waals surface area contributed by atoms with Crippen molar-refractivity contribution in [3.05, 3.63) is 0 Å². The molecular formula is C12H24N2O2. The molecule has 0 aromatic heterocycles. The van der Waals surface area contributed by atoms with E-state index in [9.17, 15) is 4.79 Å². The summed E-state index contributed by atoms with van der Waals surface area (Å²) in [5.74, 6) is -0.138. The first kappa shape index (κ1) is 13.5. The molecule has 16 heavy (non-hydrogen) atoms. The molecule has 94 valence electrons. The number of carbonyl (C=O) groups excluding carboxylic acids is 1. The van der Waals surface area contributed by atoms with E-state index in [1.165, 1.54) is 13.5 Å². The van der Waals surface area contributed by atoms with Crippen molar-refractivity contribution in [3.63, 3.8) is 0 Å². The van der Waals surface area contributed by atoms with Crippen LogP contribution < -0.4 is 0 Å². The van der Waals surface area contributed by atoms with Crippen LogP contribution in [0.4, 0.5) is 0 Å². The largest absolute Gasteiger partial charge is 0.469 e. The van der Waals surface area contributed by atoms with Crippen LogP contribution in [0.15, 0.2) is 0 Å². The second-order valence-electron chi connectivity index (χ2n) is 4.88. The standard InChI is InChI=1S/C12H24N2O2/c1-10(12(15)16-4)8-14-7-5-6-13(3)9-11(14)2/h10-11H,5-9H2,1-4H3. The van der Waals surface area contributed by atoms with Gasteiger partial charge in [-0.2, -0.15) is 0 Å². The van der Waals surface area contributed by atoms with Gasteiger partial charge in [-0.05, 0) is 33.5 Å². The summed E-state index contributed by atoms with van der Waals surface area (Å²) in [5.41, 5.74) is 0. The van der Waals surface area contributed by atoms with Gasteiger partial charge in [0.2, 0.25) is 0 Å². The summed E-state index contributed by atoms with van der Waals surface area (Å²) < 4.78 is 4.77. The zero-order valence-electron chi connectivity index (χ0n) is 10.9. The maximum atomic E-state index is 11.4. The molecule has 1 saturated heterocycles. The van der Waals surface area contributed by atoms with Crippen LogP contribution in [0.2, 0.25) is 0 Å². The number of hydrogen-bond acceptors (Lipinski definition) is 4. The Morgan fingerprint density at radius 1 is 1.50 bits per heavy atom. The molecule has 0 aromatic carbocycles. The van der Waals surface area contributed by atoms with E-state index in [2.05, 4.69) is 23.8 Å². The number of ether oxygens (including phenoxy) is 1. The first-order chi connectivity index (χ1) is 7.54. The molecule has 1 heterocycles. The van der Waals surface area contributed by atoms with Crippen molar-refractivity contribution in [3.8, 4) is 0 Å². The number of methoxy groups -OCH3 is 1. The fourth-order valence-corrected chi connectivity index (χ4v) is 2.32. The number of nitrogens with zero attached hydrogens (tertiary/aromatic N) is 2. The Bertz CT molecular complexity index is 233. The molecule has 2 unspecified atom stereocenters. The molecule has 0 amide bonds. The summed E-state index contributed by atoms with van der Waals surface area (Å²) in [6.45, 7) is 8.27. The lowest BCUT2D eigenvalue weighted by Crippen LogP contribution is -2.41. The first-order valence-electron chi connectivity index (χ1n) is 6.05. The van der Waals surface area contributed by atoms with Crippen LogP contribution in [0, 0.1) is 5.92 Å². The maximum Gasteiger partial charge on any atom is 0.309 e. The van der Waals surface area contributed by atoms with E-state index in [-0.39, 0.29) is 11.9 Å². The lowest BCUT2D eigenvalue weighted by molar-refractivity contribution is -0.145. The Labute approximate surface area is 98.5 Å². The molecule has 0 aromatic rings. The van der Waals surface area contributed by atoms with E-state index in [1.54, 1.807) is 0 Å². The summed E-state index contributed by atoms with van der Waals surface area (Å²) in [6, 6.07) is 0.514. The number of likely N-dealkylation sites (N-methyl/N-ethyl adjacent to an activating group) is 1. The molecule has 0 bridgehead atoms. The summed E-state index contributed by atoms with van der Waals surface area (Å²) in [7, 11) is 3.61. The zero-order valence-corrected chi connectivity index (χ0v) is 10.9. The highest BCUT2D eigenvalue weighted by Gasteiger charge is 2.23. The van der Waals surface area contributed by atoms with E-state index < -0.39 is 0 Å². The average Bonchev–Trinajstić information content (AvgIpc) is 2.39. The van der Waals surface area contributed by atoms with Gasteiger partial charge in [-0.3, -0.25) is 9.69 Å². The van der Waals surface area contributed by atoms with Crippen LogP contribution in [0.3, 0.4) is 0 Å². The van der Waals surface area contributed by atoms with Gasteiger partial charge in [-0.25, -0.2) is 0 Å². The minimum absolute atomic E-state index is 0.0316. The van der Waals surface area contributed by atoms with Crippen molar-refractivity contribution in [2.24, 2.45) is 5.92 Å². The average molecular weight is 228 g/mol. The fourth-order valence-electron chi connectivity index (χ4n) is 2.32. The van der Waals surface area contributed by atoms with Gasteiger partial charge >= 0.3 is 5.97 Å². The fraction of sp³-hybridized carbons (Fsp3) is 0.917. The smallest absolute Gasteiger partial charge is 0.309 e. The Morgan fingerprint density at radius 3 is 2.81 bits per heavy atom. The molecule has 4 heteroatoms. The van der Waals surface area contributed by atoms with Crippen LogP contribution in [-0.4, -0.2) is 62.1 Å². The highest BCUT2D eigenvalue weighted by Crippen LogP contribution is 2.11. The van der Waals surface area contributed by atoms with Gasteiger partial charge in [0, 0.05) is 19.1 Å². The third-order valence-corrected chi connectivity index (χ3v) is 3.30.